The summed E-state index contributed by atoms with van der Waals surface area (Å²) in [5.74, 6) is -1.09. The van der Waals surface area contributed by atoms with Crippen molar-refractivity contribution in [1.29, 1.82) is 0 Å². The lowest BCUT2D eigenvalue weighted by Gasteiger charge is -2.21. The van der Waals surface area contributed by atoms with Gasteiger partial charge in [0.2, 0.25) is 0 Å². The van der Waals surface area contributed by atoms with E-state index in [0.717, 1.165) is 24.3 Å². The molecule has 1 N–H and O–H groups in total. The number of amides is 1. The van der Waals surface area contributed by atoms with Gasteiger partial charge in [-0.3, -0.25) is 9.60 Å². The maximum Gasteiger partial charge on any atom is 0.437 e. The van der Waals surface area contributed by atoms with Crippen molar-refractivity contribution in [3.05, 3.63) is 59.4 Å². The summed E-state index contributed by atoms with van der Waals surface area (Å²) in [5.41, 5.74) is -3.61. The molecular weight excluding hydrogens is 456 g/mol. The fourth-order valence-corrected chi connectivity index (χ4v) is 3.05. The maximum absolute atomic E-state index is 13.8. The predicted octanol–water partition coefficient (Wildman–Crippen LogP) is 5.15. The van der Waals surface area contributed by atoms with E-state index in [1.807, 2.05) is 0 Å². The molecule has 0 atom stereocenters. The number of carbonyl (C=O) groups is 1. The average molecular weight is 476 g/mol. The van der Waals surface area contributed by atoms with Gasteiger partial charge in [-0.1, -0.05) is 22.9 Å². The van der Waals surface area contributed by atoms with Gasteiger partial charge >= 0.3 is 22.4 Å². The summed E-state index contributed by atoms with van der Waals surface area (Å²) in [6, 6.07) is 7.18. The zero-order valence-electron chi connectivity index (χ0n) is 17.5. The zero-order chi connectivity index (χ0) is 24.3. The van der Waals surface area contributed by atoms with E-state index in [4.69, 9.17) is 4.74 Å². The molecule has 0 aliphatic rings. The molecule has 7 nitrogen and oxygen atoms in total. The van der Waals surface area contributed by atoms with Gasteiger partial charge in [-0.25, -0.2) is 9.18 Å². The first-order valence-corrected chi connectivity index (χ1v) is 10.4. The number of alkyl halides is 3. The van der Waals surface area contributed by atoms with Crippen molar-refractivity contribution in [3.63, 3.8) is 0 Å². The van der Waals surface area contributed by atoms with Gasteiger partial charge in [-0.05, 0) is 58.0 Å². The van der Waals surface area contributed by atoms with Gasteiger partial charge < -0.3 is 4.74 Å². The molecule has 0 aliphatic carbocycles. The number of rotatable bonds is 5. The highest BCUT2D eigenvalue weighted by molar-refractivity contribution is 7.86. The van der Waals surface area contributed by atoms with Gasteiger partial charge in [0.05, 0.1) is 5.69 Å². The van der Waals surface area contributed by atoms with E-state index < -0.39 is 55.7 Å². The molecule has 0 bridgehead atoms. The third-order valence-electron chi connectivity index (χ3n) is 3.68. The van der Waals surface area contributed by atoms with Gasteiger partial charge in [0.15, 0.2) is 5.71 Å². The molecule has 0 radical (unpaired) electrons. The van der Waals surface area contributed by atoms with E-state index in [1.54, 1.807) is 6.92 Å². The molecule has 1 amide bonds. The number of hydrogen-bond acceptors (Lipinski definition) is 6. The average Bonchev–Trinajstić information content (AvgIpc) is 2.61. The van der Waals surface area contributed by atoms with Crippen molar-refractivity contribution in [3.8, 4) is 0 Å². The van der Waals surface area contributed by atoms with Gasteiger partial charge in [-0.15, -0.1) is 0 Å². The fourth-order valence-electron chi connectivity index (χ4n) is 2.32. The molecular formula is C20H20F4N2O5S. The number of benzene rings is 2. The molecule has 0 fully saturated rings. The molecule has 2 rings (SSSR count). The first-order valence-electron chi connectivity index (χ1n) is 9.04. The Hall–Kier alpha value is -3.15. The molecule has 174 valence electrons. The van der Waals surface area contributed by atoms with Gasteiger partial charge in [0.25, 0.3) is 0 Å². The molecule has 0 aliphatic heterocycles. The summed E-state index contributed by atoms with van der Waals surface area (Å²) in [5, 5.41) is 4.83. The van der Waals surface area contributed by atoms with Crippen LogP contribution in [0.1, 0.15) is 31.9 Å². The second kappa shape index (κ2) is 9.15. The standard InChI is InChI=1S/C20H20F4N2O5S/c1-12-5-8-14(9-6-12)32(28,29)31-26-17(20(22,23)24)15-11-13(21)7-10-16(15)25-18(27)30-19(2,3)4/h5-11H,1-4H3,(H,25,27)/b26-17-. The lowest BCUT2D eigenvalue weighted by atomic mass is 10.1. The maximum atomic E-state index is 13.8. The molecule has 0 aromatic heterocycles. The summed E-state index contributed by atoms with van der Waals surface area (Å²) in [6.07, 6.45) is -6.37. The second-order valence-corrected chi connectivity index (χ2v) is 9.12. The number of ether oxygens (including phenoxy) is 1. The summed E-state index contributed by atoms with van der Waals surface area (Å²) < 4.78 is 88.5. The number of hydrogen-bond donors (Lipinski definition) is 1. The van der Waals surface area contributed by atoms with Crippen LogP contribution in [0.5, 0.6) is 0 Å². The lowest BCUT2D eigenvalue weighted by Crippen LogP contribution is -2.30. The van der Waals surface area contributed by atoms with Crippen LogP contribution >= 0.6 is 0 Å². The van der Waals surface area contributed by atoms with E-state index in [9.17, 15) is 30.8 Å². The van der Waals surface area contributed by atoms with Crippen LogP contribution in [0, 0.1) is 12.7 Å². The highest BCUT2D eigenvalue weighted by Crippen LogP contribution is 2.29. The number of oxime groups is 1. The minimum atomic E-state index is -5.26. The van der Waals surface area contributed by atoms with Crippen molar-refractivity contribution in [2.75, 3.05) is 5.32 Å². The Morgan fingerprint density at radius 3 is 2.16 bits per heavy atom. The van der Waals surface area contributed by atoms with Crippen LogP contribution in [0.25, 0.3) is 0 Å². The van der Waals surface area contributed by atoms with E-state index in [0.29, 0.717) is 11.6 Å². The first kappa shape index (κ1) is 25.1. The Bertz CT molecular complexity index is 1120. The normalized spacial score (nSPS) is 12.9. The summed E-state index contributed by atoms with van der Waals surface area (Å²) in [7, 11) is -4.70. The number of nitrogens with one attached hydrogen (secondary N) is 1. The molecule has 2 aromatic carbocycles. The van der Waals surface area contributed by atoms with Crippen LogP contribution in [0.2, 0.25) is 0 Å². The van der Waals surface area contributed by atoms with Crippen LogP contribution in [0.3, 0.4) is 0 Å². The predicted molar refractivity (Wildman–Crippen MR) is 108 cm³/mol. The van der Waals surface area contributed by atoms with Crippen LogP contribution < -0.4 is 5.32 Å². The summed E-state index contributed by atoms with van der Waals surface area (Å²) in [4.78, 5) is 11.6. The molecule has 2 aromatic rings. The lowest BCUT2D eigenvalue weighted by molar-refractivity contribution is -0.0597. The Labute approximate surface area is 182 Å². The monoisotopic (exact) mass is 476 g/mol. The topological polar surface area (TPSA) is 94.1 Å². The Kier molecular flexibility index (Phi) is 7.18. The molecule has 32 heavy (non-hydrogen) atoms. The van der Waals surface area contributed by atoms with Gasteiger partial charge in [0.1, 0.15) is 16.3 Å². The number of halogens is 4. The van der Waals surface area contributed by atoms with Crippen molar-refractivity contribution in [2.24, 2.45) is 5.16 Å². The van der Waals surface area contributed by atoms with E-state index in [2.05, 4.69) is 14.8 Å². The van der Waals surface area contributed by atoms with Crippen LogP contribution in [0.15, 0.2) is 52.5 Å². The smallest absolute Gasteiger partial charge is 0.437 e. The van der Waals surface area contributed by atoms with Crippen LogP contribution in [0.4, 0.5) is 28.0 Å². The molecule has 12 heteroatoms. The number of carbonyl (C=O) groups excluding carboxylic acids is 1. The molecule has 0 saturated carbocycles. The molecule has 0 unspecified atom stereocenters. The number of anilines is 1. The van der Waals surface area contributed by atoms with Crippen molar-refractivity contribution < 1.29 is 39.8 Å². The quantitative estimate of drug-likeness (QED) is 0.366. The third kappa shape index (κ3) is 6.94. The second-order valence-electron chi connectivity index (χ2n) is 7.60. The Balaban J connectivity index is 2.48. The number of nitrogens with zero attached hydrogens (tertiary/aromatic N) is 1. The SMILES string of the molecule is Cc1ccc(S(=O)(=O)O/N=C(/c2cc(F)ccc2NC(=O)OC(C)(C)C)C(F)(F)F)cc1. The highest BCUT2D eigenvalue weighted by Gasteiger charge is 2.40. The third-order valence-corrected chi connectivity index (χ3v) is 4.80. The van der Waals surface area contributed by atoms with Gasteiger partial charge in [-0.2, -0.15) is 21.6 Å². The van der Waals surface area contributed by atoms with E-state index in [-0.39, 0.29) is 0 Å². The molecule has 0 spiro atoms. The molecule has 0 heterocycles. The summed E-state index contributed by atoms with van der Waals surface area (Å²) >= 11 is 0. The van der Waals surface area contributed by atoms with E-state index >= 15 is 0 Å². The fraction of sp³-hybridized carbons (Fsp3) is 0.300. The summed E-state index contributed by atoms with van der Waals surface area (Å²) in [6.45, 7) is 6.28. The zero-order valence-corrected chi connectivity index (χ0v) is 18.3. The van der Waals surface area contributed by atoms with Crippen molar-refractivity contribution in [2.45, 2.75) is 44.4 Å². The largest absolute Gasteiger partial charge is 0.444 e. The van der Waals surface area contributed by atoms with Crippen molar-refractivity contribution in [1.82, 2.24) is 0 Å². The minimum absolute atomic E-state index is 0.431. The Morgan fingerprint density at radius 1 is 1.03 bits per heavy atom. The Morgan fingerprint density at radius 2 is 1.62 bits per heavy atom. The van der Waals surface area contributed by atoms with Crippen LogP contribution in [-0.4, -0.2) is 32.0 Å². The first-order chi connectivity index (χ1) is 14.6. The van der Waals surface area contributed by atoms with Gasteiger partial charge in [0, 0.05) is 5.56 Å². The van der Waals surface area contributed by atoms with Crippen LogP contribution in [-0.2, 0) is 19.1 Å². The minimum Gasteiger partial charge on any atom is -0.444 e. The number of aryl methyl sites for hydroxylation is 1. The molecule has 0 saturated heterocycles. The van der Waals surface area contributed by atoms with Crippen molar-refractivity contribution >= 4 is 27.6 Å². The highest BCUT2D eigenvalue weighted by atomic mass is 32.2. The van der Waals surface area contributed by atoms with E-state index in [1.165, 1.54) is 32.9 Å².